The number of aryl methyl sites for hydroxylation is 1. The highest BCUT2D eigenvalue weighted by Crippen LogP contribution is 2.17. The molecule has 0 saturated carbocycles. The lowest BCUT2D eigenvalue weighted by molar-refractivity contribution is -0.116. The number of anilines is 1. The molecule has 2 amide bonds. The van der Waals surface area contributed by atoms with E-state index in [0.717, 1.165) is 5.69 Å². The molecule has 7 heteroatoms. The van der Waals surface area contributed by atoms with Gasteiger partial charge in [0.15, 0.2) is 0 Å². The molecule has 0 radical (unpaired) electrons. The van der Waals surface area contributed by atoms with Gasteiger partial charge in [-0.1, -0.05) is 13.0 Å². The van der Waals surface area contributed by atoms with Gasteiger partial charge in [-0.2, -0.15) is 5.10 Å². The summed E-state index contributed by atoms with van der Waals surface area (Å²) in [4.78, 5) is 26.3. The second kappa shape index (κ2) is 8.14. The van der Waals surface area contributed by atoms with Gasteiger partial charge in [-0.05, 0) is 25.5 Å². The van der Waals surface area contributed by atoms with Gasteiger partial charge in [0.1, 0.15) is 12.3 Å². The molecule has 2 aromatic rings. The molecule has 0 spiro atoms. The lowest BCUT2D eigenvalue weighted by Gasteiger charge is -2.20. The summed E-state index contributed by atoms with van der Waals surface area (Å²) >= 11 is 0. The minimum atomic E-state index is -0.264. The van der Waals surface area contributed by atoms with Crippen LogP contribution in [0.4, 0.5) is 5.69 Å². The maximum atomic E-state index is 12.6. The molecule has 0 aliphatic heterocycles. The van der Waals surface area contributed by atoms with Crippen molar-refractivity contribution in [2.75, 3.05) is 25.5 Å². The summed E-state index contributed by atoms with van der Waals surface area (Å²) in [5.74, 6) is 0.186. The number of nitrogens with one attached hydrogen (secondary N) is 2. The number of rotatable bonds is 7. The second-order valence-electron chi connectivity index (χ2n) is 5.22. The van der Waals surface area contributed by atoms with Crippen molar-refractivity contribution in [3.8, 4) is 5.75 Å². The molecule has 24 heavy (non-hydrogen) atoms. The first kappa shape index (κ1) is 17.5. The van der Waals surface area contributed by atoms with E-state index < -0.39 is 0 Å². The number of methoxy groups -OCH3 is 1. The smallest absolute Gasteiger partial charge is 0.257 e. The minimum Gasteiger partial charge on any atom is -0.497 e. The van der Waals surface area contributed by atoms with Crippen LogP contribution in [0.25, 0.3) is 0 Å². The molecule has 1 heterocycles. The molecule has 2 N–H and O–H groups in total. The number of ether oxygens (including phenoxy) is 1. The zero-order valence-corrected chi connectivity index (χ0v) is 14.1. The number of nitrogens with zero attached hydrogens (tertiary/aromatic N) is 2. The summed E-state index contributed by atoms with van der Waals surface area (Å²) in [5, 5.41) is 9.49. The number of aromatic amines is 1. The number of aromatic nitrogens is 2. The van der Waals surface area contributed by atoms with Crippen LogP contribution in [0, 0.1) is 0 Å². The van der Waals surface area contributed by atoms with Crippen molar-refractivity contribution in [3.63, 3.8) is 0 Å². The van der Waals surface area contributed by atoms with Crippen molar-refractivity contribution >= 4 is 17.5 Å². The van der Waals surface area contributed by atoms with Crippen molar-refractivity contribution in [1.82, 2.24) is 15.1 Å². The molecule has 1 aromatic heterocycles. The summed E-state index contributed by atoms with van der Waals surface area (Å²) < 4.78 is 5.13. The zero-order chi connectivity index (χ0) is 17.5. The normalized spacial score (nSPS) is 10.3. The molecule has 0 atom stereocenters. The van der Waals surface area contributed by atoms with E-state index in [2.05, 4.69) is 15.5 Å². The van der Waals surface area contributed by atoms with Crippen LogP contribution in [-0.2, 0) is 11.2 Å². The molecule has 0 saturated heterocycles. The number of benzene rings is 1. The largest absolute Gasteiger partial charge is 0.497 e. The van der Waals surface area contributed by atoms with Gasteiger partial charge in [0, 0.05) is 24.0 Å². The summed E-state index contributed by atoms with van der Waals surface area (Å²) in [6.07, 6.45) is 2.18. The molecule has 128 valence electrons. The number of H-pyrrole nitrogens is 1. The van der Waals surface area contributed by atoms with Gasteiger partial charge in [0.05, 0.1) is 18.9 Å². The quantitative estimate of drug-likeness (QED) is 0.814. The van der Waals surface area contributed by atoms with Crippen LogP contribution in [-0.4, -0.2) is 47.1 Å². The molecule has 0 bridgehead atoms. The number of carbonyl (C=O) groups excluding carboxylic acids is 2. The molecule has 0 aliphatic rings. The Morgan fingerprint density at radius 1 is 1.33 bits per heavy atom. The highest BCUT2D eigenvalue weighted by molar-refractivity contribution is 5.99. The topological polar surface area (TPSA) is 87.3 Å². The van der Waals surface area contributed by atoms with E-state index >= 15 is 0 Å². The van der Waals surface area contributed by atoms with E-state index in [4.69, 9.17) is 4.74 Å². The van der Waals surface area contributed by atoms with Gasteiger partial charge in [-0.3, -0.25) is 14.7 Å². The Morgan fingerprint density at radius 3 is 2.79 bits per heavy atom. The Kier molecular flexibility index (Phi) is 5.95. The lowest BCUT2D eigenvalue weighted by atomic mass is 10.2. The number of amides is 2. The monoisotopic (exact) mass is 330 g/mol. The molecule has 0 fully saturated rings. The SMILES string of the molecule is CCc1[nH]ncc1C(=O)N(CC)CC(=O)Nc1cccc(OC)c1. The second-order valence-corrected chi connectivity index (χ2v) is 5.22. The lowest BCUT2D eigenvalue weighted by Crippen LogP contribution is -2.38. The molecular weight excluding hydrogens is 308 g/mol. The van der Waals surface area contributed by atoms with Gasteiger partial charge >= 0.3 is 0 Å². The predicted molar refractivity (Wildman–Crippen MR) is 91.2 cm³/mol. The van der Waals surface area contributed by atoms with Crippen LogP contribution in [0.15, 0.2) is 30.5 Å². The summed E-state index contributed by atoms with van der Waals surface area (Å²) in [7, 11) is 1.56. The van der Waals surface area contributed by atoms with Gasteiger partial charge in [-0.15, -0.1) is 0 Å². The summed E-state index contributed by atoms with van der Waals surface area (Å²) in [6.45, 7) is 4.18. The van der Waals surface area contributed by atoms with Crippen molar-refractivity contribution in [2.24, 2.45) is 0 Å². The molecular formula is C17H22N4O3. The number of carbonyl (C=O) groups is 2. The number of hydrogen-bond acceptors (Lipinski definition) is 4. The molecule has 7 nitrogen and oxygen atoms in total. The standard InChI is InChI=1S/C17H22N4O3/c1-4-15-14(10-18-20-15)17(23)21(5-2)11-16(22)19-12-7-6-8-13(9-12)24-3/h6-10H,4-5,11H2,1-3H3,(H,18,20)(H,19,22). The fourth-order valence-electron chi connectivity index (χ4n) is 2.34. The third-order valence-corrected chi connectivity index (χ3v) is 3.66. The first-order valence-corrected chi connectivity index (χ1v) is 7.84. The molecule has 2 rings (SSSR count). The number of likely N-dealkylation sites (N-methyl/N-ethyl adjacent to an activating group) is 1. The van der Waals surface area contributed by atoms with Gasteiger partial charge < -0.3 is 15.0 Å². The average molecular weight is 330 g/mol. The van der Waals surface area contributed by atoms with Crippen LogP contribution in [0.3, 0.4) is 0 Å². The van der Waals surface area contributed by atoms with E-state index in [1.165, 1.54) is 11.1 Å². The Morgan fingerprint density at radius 2 is 2.12 bits per heavy atom. The highest BCUT2D eigenvalue weighted by Gasteiger charge is 2.21. The Hall–Kier alpha value is -2.83. The van der Waals surface area contributed by atoms with Crippen LogP contribution in [0.1, 0.15) is 29.9 Å². The van der Waals surface area contributed by atoms with E-state index in [1.54, 1.807) is 31.4 Å². The van der Waals surface area contributed by atoms with Crippen LogP contribution < -0.4 is 10.1 Å². The molecule has 0 unspecified atom stereocenters. The summed E-state index contributed by atoms with van der Waals surface area (Å²) in [5.41, 5.74) is 1.90. The third-order valence-electron chi connectivity index (χ3n) is 3.66. The third kappa shape index (κ3) is 4.13. The zero-order valence-electron chi connectivity index (χ0n) is 14.1. The van der Waals surface area contributed by atoms with E-state index in [0.29, 0.717) is 30.0 Å². The van der Waals surface area contributed by atoms with E-state index in [9.17, 15) is 9.59 Å². The van der Waals surface area contributed by atoms with Crippen LogP contribution in [0.5, 0.6) is 5.75 Å². The Labute approximate surface area is 141 Å². The minimum absolute atomic E-state index is 0.0269. The Bertz CT molecular complexity index is 711. The maximum absolute atomic E-state index is 12.6. The van der Waals surface area contributed by atoms with Gasteiger partial charge in [0.25, 0.3) is 5.91 Å². The fourth-order valence-corrected chi connectivity index (χ4v) is 2.34. The van der Waals surface area contributed by atoms with Gasteiger partial charge in [0.2, 0.25) is 5.91 Å². The maximum Gasteiger partial charge on any atom is 0.257 e. The molecule has 1 aromatic carbocycles. The number of hydrogen-bond donors (Lipinski definition) is 2. The van der Waals surface area contributed by atoms with E-state index in [1.807, 2.05) is 13.8 Å². The van der Waals surface area contributed by atoms with Crippen LogP contribution in [0.2, 0.25) is 0 Å². The van der Waals surface area contributed by atoms with Crippen molar-refractivity contribution in [1.29, 1.82) is 0 Å². The Balaban J connectivity index is 2.03. The molecule has 0 aliphatic carbocycles. The first-order valence-electron chi connectivity index (χ1n) is 7.84. The van der Waals surface area contributed by atoms with Crippen molar-refractivity contribution in [3.05, 3.63) is 41.7 Å². The predicted octanol–water partition coefficient (Wildman–Crippen LogP) is 2.08. The first-order chi connectivity index (χ1) is 11.6. The summed E-state index contributed by atoms with van der Waals surface area (Å²) in [6, 6.07) is 7.07. The van der Waals surface area contributed by atoms with Crippen molar-refractivity contribution < 1.29 is 14.3 Å². The highest BCUT2D eigenvalue weighted by atomic mass is 16.5. The fraction of sp³-hybridized carbons (Fsp3) is 0.353. The van der Waals surface area contributed by atoms with E-state index in [-0.39, 0.29) is 18.4 Å². The van der Waals surface area contributed by atoms with Crippen molar-refractivity contribution in [2.45, 2.75) is 20.3 Å². The van der Waals surface area contributed by atoms with Crippen LogP contribution >= 0.6 is 0 Å². The average Bonchev–Trinajstić information content (AvgIpc) is 3.07. The van der Waals surface area contributed by atoms with Gasteiger partial charge in [-0.25, -0.2) is 0 Å².